The quantitative estimate of drug-likeness (QED) is 0.0929. The minimum Gasteiger partial charge on any atom is -0.375 e. The van der Waals surface area contributed by atoms with Crippen LogP contribution in [0, 0.1) is 3.57 Å². The molecule has 0 saturated heterocycles. The van der Waals surface area contributed by atoms with E-state index in [0.29, 0.717) is 25.4 Å². The van der Waals surface area contributed by atoms with Crippen molar-refractivity contribution in [2.24, 2.45) is 0 Å². The van der Waals surface area contributed by atoms with E-state index in [1.807, 2.05) is 26.0 Å². The van der Waals surface area contributed by atoms with Gasteiger partial charge in [-0.05, 0) is 79.1 Å². The predicted octanol–water partition coefficient (Wildman–Crippen LogP) is 6.53. The minimum atomic E-state index is -5.80. The minimum absolute atomic E-state index is 0.189. The van der Waals surface area contributed by atoms with Crippen molar-refractivity contribution in [3.05, 3.63) is 51.1 Å². The van der Waals surface area contributed by atoms with E-state index in [2.05, 4.69) is 9.08 Å². The van der Waals surface area contributed by atoms with Crippen molar-refractivity contribution in [1.29, 1.82) is 0 Å². The normalized spacial score (nSPS) is 12.2. The number of alkyl halides is 3. The Labute approximate surface area is 211 Å². The third kappa shape index (κ3) is 5.13. The Hall–Kier alpha value is -1.51. The number of fused-ring (bicyclic) bond motifs is 1. The van der Waals surface area contributed by atoms with Gasteiger partial charge in [-0.3, -0.25) is 4.79 Å². The first-order valence-corrected chi connectivity index (χ1v) is 14.2. The molecule has 0 fully saturated rings. The van der Waals surface area contributed by atoms with Crippen molar-refractivity contribution >= 4 is 77.4 Å². The van der Waals surface area contributed by atoms with Crippen molar-refractivity contribution in [3.63, 3.8) is 0 Å². The number of thiophene rings is 1. The van der Waals surface area contributed by atoms with Crippen LogP contribution in [0.5, 0.6) is 5.75 Å². The number of hydrogen-bond acceptors (Lipinski definition) is 7. The summed E-state index contributed by atoms with van der Waals surface area (Å²) in [7, 11) is -5.80. The van der Waals surface area contributed by atoms with Gasteiger partial charge in [0.15, 0.2) is 11.5 Å². The van der Waals surface area contributed by atoms with Crippen molar-refractivity contribution < 1.29 is 30.6 Å². The summed E-state index contributed by atoms with van der Waals surface area (Å²) in [5.74, 6) is -0.652. The molecule has 0 N–H and O–H groups in total. The molecule has 0 spiro atoms. The summed E-state index contributed by atoms with van der Waals surface area (Å²) in [6.45, 7) is 5.76. The number of thioether (sulfide) groups is 1. The Balaban J connectivity index is 2.05. The molecular weight excluding hydrogens is 610 g/mol. The Bertz CT molecular complexity index is 1280. The molecule has 0 saturated carbocycles. The first kappa shape index (κ1) is 26.1. The maximum absolute atomic E-state index is 13.4. The zero-order valence-electron chi connectivity index (χ0n) is 17.7. The van der Waals surface area contributed by atoms with Gasteiger partial charge < -0.3 is 9.08 Å². The second kappa shape index (κ2) is 10.0. The van der Waals surface area contributed by atoms with Crippen LogP contribution in [0.4, 0.5) is 18.9 Å². The highest BCUT2D eigenvalue weighted by Crippen LogP contribution is 2.44. The monoisotopic (exact) mass is 629 g/mol. The van der Waals surface area contributed by atoms with Crippen LogP contribution in [0.25, 0.3) is 10.1 Å². The lowest BCUT2D eigenvalue weighted by Crippen LogP contribution is -2.28. The van der Waals surface area contributed by atoms with Crippen molar-refractivity contribution in [1.82, 2.24) is 0 Å². The molecule has 0 aliphatic heterocycles. The van der Waals surface area contributed by atoms with Gasteiger partial charge in [0.2, 0.25) is 0 Å². The molecule has 0 radical (unpaired) electrons. The number of anilines is 1. The predicted molar refractivity (Wildman–Crippen MR) is 135 cm³/mol. The first-order chi connectivity index (χ1) is 15.4. The molecule has 5 nitrogen and oxygen atoms in total. The second-order valence-electron chi connectivity index (χ2n) is 6.75. The highest BCUT2D eigenvalue weighted by Gasteiger charge is 2.48. The Morgan fingerprint density at radius 2 is 1.73 bits per heavy atom. The van der Waals surface area contributed by atoms with Crippen LogP contribution >= 0.6 is 45.7 Å². The van der Waals surface area contributed by atoms with E-state index in [1.165, 1.54) is 29.2 Å². The molecule has 0 bridgehead atoms. The summed E-state index contributed by atoms with van der Waals surface area (Å²) < 4.78 is 66.8. The van der Waals surface area contributed by atoms with Crippen molar-refractivity contribution in [3.8, 4) is 5.75 Å². The molecule has 0 atom stereocenters. The number of benzene rings is 2. The van der Waals surface area contributed by atoms with Gasteiger partial charge in [0.05, 0.1) is 18.0 Å². The summed E-state index contributed by atoms with van der Waals surface area (Å²) in [6.07, 6.45) is 1.79. The van der Waals surface area contributed by atoms with Gasteiger partial charge in [-0.2, -0.15) is 21.6 Å². The van der Waals surface area contributed by atoms with Crippen LogP contribution in [-0.4, -0.2) is 39.1 Å². The lowest BCUT2D eigenvalue weighted by molar-refractivity contribution is -0.0500. The molecule has 0 aliphatic carbocycles. The van der Waals surface area contributed by atoms with Gasteiger partial charge in [-0.25, -0.2) is 0 Å². The van der Waals surface area contributed by atoms with Crippen molar-refractivity contribution in [2.45, 2.75) is 23.6 Å². The third-order valence-electron chi connectivity index (χ3n) is 4.88. The van der Waals surface area contributed by atoms with Crippen LogP contribution in [0.3, 0.4) is 0 Å². The van der Waals surface area contributed by atoms with Gasteiger partial charge >= 0.3 is 15.6 Å². The van der Waals surface area contributed by atoms with E-state index in [9.17, 15) is 26.4 Å². The number of nitrogens with zero attached hydrogens (tertiary/aromatic N) is 1. The molecular formula is C21H19F3INO4S3. The molecule has 33 heavy (non-hydrogen) atoms. The molecule has 12 heteroatoms. The lowest BCUT2D eigenvalue weighted by Gasteiger charge is -2.21. The third-order valence-corrected chi connectivity index (χ3v) is 9.63. The summed E-state index contributed by atoms with van der Waals surface area (Å²) in [5.41, 5.74) is -3.63. The van der Waals surface area contributed by atoms with Crippen molar-refractivity contribution in [2.75, 3.05) is 24.2 Å². The van der Waals surface area contributed by atoms with Crippen LogP contribution in [0.15, 0.2) is 40.6 Å². The molecule has 3 aromatic rings. The average molecular weight is 629 g/mol. The standard InChI is InChI=1S/C21H19F3INO4S3/c1-4-26(5-2)13-8-6-12(7-9-13)18(27)16-14-10-11-15(30-33(28,29)21(22,23)24)17(25)19(14)32-20(16)31-3/h6-11H,4-5H2,1-3H3. The van der Waals surface area contributed by atoms with Crippen LogP contribution < -0.4 is 9.08 Å². The second-order valence-corrected chi connectivity index (χ2v) is 11.5. The fourth-order valence-corrected chi connectivity index (χ4v) is 6.71. The number of carbonyl (C=O) groups is 1. The summed E-state index contributed by atoms with van der Waals surface area (Å²) in [6, 6.07) is 9.83. The Kier molecular flexibility index (Phi) is 7.91. The highest BCUT2D eigenvalue weighted by atomic mass is 127. The van der Waals surface area contributed by atoms with Gasteiger partial charge in [0.25, 0.3) is 0 Å². The van der Waals surface area contributed by atoms with E-state index < -0.39 is 21.4 Å². The summed E-state index contributed by atoms with van der Waals surface area (Å²) in [5, 5.41) is 0.531. The zero-order chi connectivity index (χ0) is 24.6. The van der Waals surface area contributed by atoms with E-state index in [0.717, 1.165) is 24.8 Å². The number of carbonyl (C=O) groups excluding carboxylic acids is 1. The molecule has 3 rings (SSSR count). The summed E-state index contributed by atoms with van der Waals surface area (Å²) >= 11 is 4.28. The maximum Gasteiger partial charge on any atom is 0.534 e. The van der Waals surface area contributed by atoms with Gasteiger partial charge in [0.1, 0.15) is 0 Å². The lowest BCUT2D eigenvalue weighted by atomic mass is 10.0. The SMILES string of the molecule is CCN(CC)c1ccc(C(=O)c2c(SC)sc3c(I)c(OS(=O)(=O)C(F)(F)F)ccc23)cc1. The molecule has 1 aromatic heterocycles. The Morgan fingerprint density at radius 3 is 2.24 bits per heavy atom. The van der Waals surface area contributed by atoms with E-state index in [-0.39, 0.29) is 9.35 Å². The molecule has 1 heterocycles. The molecule has 0 amide bonds. The number of halogens is 4. The smallest absolute Gasteiger partial charge is 0.375 e. The van der Waals surface area contributed by atoms with Crippen LogP contribution in [-0.2, 0) is 10.1 Å². The molecule has 0 aliphatic rings. The molecule has 0 unspecified atom stereocenters. The summed E-state index contributed by atoms with van der Waals surface area (Å²) in [4.78, 5) is 15.5. The molecule has 2 aromatic carbocycles. The topological polar surface area (TPSA) is 63.7 Å². The number of rotatable bonds is 8. The largest absolute Gasteiger partial charge is 0.534 e. The fraction of sp³-hybridized carbons (Fsp3) is 0.286. The van der Waals surface area contributed by atoms with Gasteiger partial charge in [-0.15, -0.1) is 23.1 Å². The average Bonchev–Trinajstić information content (AvgIpc) is 3.15. The highest BCUT2D eigenvalue weighted by molar-refractivity contribution is 14.1. The first-order valence-electron chi connectivity index (χ1n) is 9.64. The Morgan fingerprint density at radius 1 is 1.12 bits per heavy atom. The fourth-order valence-electron chi connectivity index (χ4n) is 3.23. The zero-order valence-corrected chi connectivity index (χ0v) is 22.3. The van der Waals surface area contributed by atoms with E-state index in [1.54, 1.807) is 41.0 Å². The molecule has 178 valence electrons. The van der Waals surface area contributed by atoms with E-state index >= 15 is 0 Å². The van der Waals surface area contributed by atoms with Gasteiger partial charge in [0, 0.05) is 29.7 Å². The van der Waals surface area contributed by atoms with Crippen LogP contribution in [0.1, 0.15) is 29.8 Å². The number of hydrogen-bond donors (Lipinski definition) is 0. The maximum atomic E-state index is 13.4. The van der Waals surface area contributed by atoms with Crippen LogP contribution in [0.2, 0.25) is 0 Å². The number of ketones is 1. The van der Waals surface area contributed by atoms with Gasteiger partial charge in [-0.1, -0.05) is 0 Å². The van der Waals surface area contributed by atoms with E-state index in [4.69, 9.17) is 0 Å².